The van der Waals surface area contributed by atoms with Crippen LogP contribution in [0.4, 0.5) is 0 Å². The van der Waals surface area contributed by atoms with Crippen molar-refractivity contribution in [1.82, 2.24) is 4.90 Å². The molecule has 0 spiro atoms. The van der Waals surface area contributed by atoms with E-state index in [9.17, 15) is 4.79 Å². The lowest BCUT2D eigenvalue weighted by molar-refractivity contribution is 0.402. The van der Waals surface area contributed by atoms with E-state index in [4.69, 9.17) is 16.0 Å². The molecule has 112 valence electrons. The van der Waals surface area contributed by atoms with Crippen LogP contribution in [0.2, 0.25) is 5.02 Å². The van der Waals surface area contributed by atoms with Crippen molar-refractivity contribution >= 4 is 22.6 Å². The van der Waals surface area contributed by atoms with Crippen molar-refractivity contribution in [2.24, 2.45) is 0 Å². The molecule has 0 aliphatic heterocycles. The number of rotatable bonds is 3. The van der Waals surface area contributed by atoms with Crippen LogP contribution in [0.3, 0.4) is 0 Å². The summed E-state index contributed by atoms with van der Waals surface area (Å²) in [6.45, 7) is 0.788. The summed E-state index contributed by atoms with van der Waals surface area (Å²) in [7, 11) is 4.00. The van der Waals surface area contributed by atoms with Gasteiger partial charge in [-0.2, -0.15) is 0 Å². The first-order valence-electron chi connectivity index (χ1n) is 7.01. The second-order valence-corrected chi connectivity index (χ2v) is 5.93. The van der Waals surface area contributed by atoms with Gasteiger partial charge in [-0.05, 0) is 43.9 Å². The van der Waals surface area contributed by atoms with Gasteiger partial charge in [-0.25, -0.2) is 0 Å². The van der Waals surface area contributed by atoms with Gasteiger partial charge in [0.2, 0.25) is 0 Å². The third-order valence-electron chi connectivity index (χ3n) is 3.43. The molecule has 3 aromatic rings. The van der Waals surface area contributed by atoms with Gasteiger partial charge in [0.15, 0.2) is 5.43 Å². The Hall–Kier alpha value is -2.10. The van der Waals surface area contributed by atoms with Crippen LogP contribution in [-0.4, -0.2) is 19.0 Å². The summed E-state index contributed by atoms with van der Waals surface area (Å²) in [5, 5.41) is 1.15. The summed E-state index contributed by atoms with van der Waals surface area (Å²) >= 11 is 6.19. The van der Waals surface area contributed by atoms with Crippen molar-refractivity contribution in [2.45, 2.75) is 6.54 Å². The molecule has 0 aliphatic rings. The van der Waals surface area contributed by atoms with E-state index in [1.54, 1.807) is 6.07 Å². The van der Waals surface area contributed by atoms with Gasteiger partial charge in [0.05, 0.1) is 10.4 Å². The summed E-state index contributed by atoms with van der Waals surface area (Å²) in [5.41, 5.74) is 2.34. The molecule has 0 aliphatic carbocycles. The highest BCUT2D eigenvalue weighted by molar-refractivity contribution is 6.33. The molecule has 22 heavy (non-hydrogen) atoms. The highest BCUT2D eigenvalue weighted by Crippen LogP contribution is 2.28. The molecule has 0 radical (unpaired) electrons. The third-order valence-corrected chi connectivity index (χ3v) is 3.76. The maximum atomic E-state index is 12.3. The van der Waals surface area contributed by atoms with Crippen LogP contribution in [-0.2, 0) is 6.54 Å². The summed E-state index contributed by atoms with van der Waals surface area (Å²) in [6.07, 6.45) is 0. The van der Waals surface area contributed by atoms with E-state index < -0.39 is 0 Å². The van der Waals surface area contributed by atoms with Gasteiger partial charge in [0.1, 0.15) is 11.3 Å². The summed E-state index contributed by atoms with van der Waals surface area (Å²) < 4.78 is 5.93. The number of benzene rings is 2. The molecule has 0 unspecified atom stereocenters. The second-order valence-electron chi connectivity index (χ2n) is 5.52. The Labute approximate surface area is 133 Å². The SMILES string of the molecule is CN(C)Cc1ccc2c(=O)cc(-c3ccccc3Cl)oc2c1. The average molecular weight is 314 g/mol. The fourth-order valence-corrected chi connectivity index (χ4v) is 2.69. The van der Waals surface area contributed by atoms with Crippen molar-refractivity contribution in [3.05, 3.63) is 69.3 Å². The molecule has 2 aromatic carbocycles. The minimum Gasteiger partial charge on any atom is -0.456 e. The van der Waals surface area contributed by atoms with Crippen LogP contribution in [0.25, 0.3) is 22.3 Å². The van der Waals surface area contributed by atoms with Crippen LogP contribution in [0.1, 0.15) is 5.56 Å². The van der Waals surface area contributed by atoms with E-state index in [1.807, 2.05) is 50.5 Å². The Balaban J connectivity index is 2.18. The normalized spacial score (nSPS) is 11.3. The molecule has 0 amide bonds. The van der Waals surface area contributed by atoms with Crippen LogP contribution in [0.15, 0.2) is 57.7 Å². The summed E-state index contributed by atoms with van der Waals surface area (Å²) in [6, 6.07) is 14.5. The quantitative estimate of drug-likeness (QED) is 0.727. The van der Waals surface area contributed by atoms with Gasteiger partial charge in [0.25, 0.3) is 0 Å². The van der Waals surface area contributed by atoms with E-state index in [1.165, 1.54) is 6.07 Å². The summed E-state index contributed by atoms with van der Waals surface area (Å²) in [5.74, 6) is 0.491. The molecule has 1 heterocycles. The molecule has 0 atom stereocenters. The Morgan fingerprint density at radius 3 is 2.59 bits per heavy atom. The molecule has 4 heteroatoms. The molecule has 0 saturated carbocycles. The lowest BCUT2D eigenvalue weighted by Gasteiger charge is -2.10. The largest absolute Gasteiger partial charge is 0.456 e. The third kappa shape index (κ3) is 2.91. The number of fused-ring (bicyclic) bond motifs is 1. The zero-order chi connectivity index (χ0) is 15.7. The first-order chi connectivity index (χ1) is 10.5. The second kappa shape index (κ2) is 5.95. The zero-order valence-corrected chi connectivity index (χ0v) is 13.2. The van der Waals surface area contributed by atoms with E-state index in [0.717, 1.165) is 17.7 Å². The van der Waals surface area contributed by atoms with Crippen molar-refractivity contribution in [2.75, 3.05) is 14.1 Å². The van der Waals surface area contributed by atoms with E-state index in [-0.39, 0.29) is 5.43 Å². The molecule has 3 rings (SSSR count). The Morgan fingerprint density at radius 2 is 1.86 bits per heavy atom. The Bertz CT molecular complexity index is 884. The lowest BCUT2D eigenvalue weighted by atomic mass is 10.1. The Kier molecular flexibility index (Phi) is 4.01. The van der Waals surface area contributed by atoms with Crippen LogP contribution < -0.4 is 5.43 Å². The Morgan fingerprint density at radius 1 is 1.09 bits per heavy atom. The molecule has 0 fully saturated rings. The molecule has 1 aromatic heterocycles. The fourth-order valence-electron chi connectivity index (χ4n) is 2.46. The molecular formula is C18H16ClNO2. The van der Waals surface area contributed by atoms with E-state index in [0.29, 0.717) is 21.8 Å². The predicted molar refractivity (Wildman–Crippen MR) is 90.3 cm³/mol. The highest BCUT2D eigenvalue weighted by atomic mass is 35.5. The molecule has 0 saturated heterocycles. The van der Waals surface area contributed by atoms with Crippen molar-refractivity contribution in [3.8, 4) is 11.3 Å². The van der Waals surface area contributed by atoms with Crippen LogP contribution in [0.5, 0.6) is 0 Å². The molecule has 0 bridgehead atoms. The maximum absolute atomic E-state index is 12.3. The van der Waals surface area contributed by atoms with Gasteiger partial charge in [-0.3, -0.25) is 4.79 Å². The van der Waals surface area contributed by atoms with Crippen molar-refractivity contribution in [1.29, 1.82) is 0 Å². The molecular weight excluding hydrogens is 298 g/mol. The topological polar surface area (TPSA) is 33.5 Å². The minimum absolute atomic E-state index is 0.0624. The number of hydrogen-bond donors (Lipinski definition) is 0. The fraction of sp³-hybridized carbons (Fsp3) is 0.167. The monoisotopic (exact) mass is 313 g/mol. The van der Waals surface area contributed by atoms with Gasteiger partial charge < -0.3 is 9.32 Å². The lowest BCUT2D eigenvalue weighted by Crippen LogP contribution is -2.10. The van der Waals surface area contributed by atoms with Crippen LogP contribution >= 0.6 is 11.6 Å². The average Bonchev–Trinajstić information content (AvgIpc) is 2.46. The van der Waals surface area contributed by atoms with Crippen LogP contribution in [0, 0.1) is 0 Å². The van der Waals surface area contributed by atoms with Crippen molar-refractivity contribution in [3.63, 3.8) is 0 Å². The summed E-state index contributed by atoms with van der Waals surface area (Å²) in [4.78, 5) is 14.4. The minimum atomic E-state index is -0.0624. The smallest absolute Gasteiger partial charge is 0.193 e. The molecule has 0 N–H and O–H groups in total. The number of nitrogens with zero attached hydrogens (tertiary/aromatic N) is 1. The first-order valence-corrected chi connectivity index (χ1v) is 7.39. The standard InChI is InChI=1S/C18H16ClNO2/c1-20(2)11-12-7-8-14-16(21)10-18(22-17(14)9-12)13-5-3-4-6-15(13)19/h3-10H,11H2,1-2H3. The number of halogens is 1. The van der Waals surface area contributed by atoms with E-state index in [2.05, 4.69) is 4.90 Å². The zero-order valence-electron chi connectivity index (χ0n) is 12.5. The molecule has 3 nitrogen and oxygen atoms in total. The van der Waals surface area contributed by atoms with E-state index >= 15 is 0 Å². The van der Waals surface area contributed by atoms with Gasteiger partial charge >= 0.3 is 0 Å². The number of hydrogen-bond acceptors (Lipinski definition) is 3. The maximum Gasteiger partial charge on any atom is 0.193 e. The van der Waals surface area contributed by atoms with Gasteiger partial charge in [-0.15, -0.1) is 0 Å². The predicted octanol–water partition coefficient (Wildman–Crippen LogP) is 4.18. The van der Waals surface area contributed by atoms with Gasteiger partial charge in [-0.1, -0.05) is 29.8 Å². The highest BCUT2D eigenvalue weighted by Gasteiger charge is 2.10. The van der Waals surface area contributed by atoms with Crippen molar-refractivity contribution < 1.29 is 4.42 Å². The van der Waals surface area contributed by atoms with Gasteiger partial charge in [0, 0.05) is 18.2 Å². The first kappa shape index (κ1) is 14.8.